The van der Waals surface area contributed by atoms with Crippen LogP contribution in [0.15, 0.2) is 0 Å². The van der Waals surface area contributed by atoms with Gasteiger partial charge in [0.1, 0.15) is 0 Å². The Morgan fingerprint density at radius 2 is 1.86 bits per heavy atom. The van der Waals surface area contributed by atoms with E-state index in [2.05, 4.69) is 0 Å². The monoisotopic (exact) mass is 309 g/mol. The molecule has 1 heterocycles. The topological polar surface area (TPSA) is 66.8 Å². The van der Waals surface area contributed by atoms with Gasteiger partial charge in [-0.2, -0.15) is 13.2 Å². The number of nitrogens with zero attached hydrogens (tertiary/aromatic N) is 1. The van der Waals surface area contributed by atoms with Crippen LogP contribution < -0.4 is 0 Å². The van der Waals surface area contributed by atoms with Crippen molar-refractivity contribution in [2.75, 3.05) is 19.7 Å². The zero-order valence-electron chi connectivity index (χ0n) is 11.4. The van der Waals surface area contributed by atoms with Gasteiger partial charge in [0.25, 0.3) is 0 Å². The van der Waals surface area contributed by atoms with Crippen LogP contribution in [0.3, 0.4) is 0 Å². The van der Waals surface area contributed by atoms with Gasteiger partial charge in [-0.1, -0.05) is 12.8 Å². The maximum atomic E-state index is 13.0. The van der Waals surface area contributed by atoms with Gasteiger partial charge in [-0.25, -0.2) is 4.79 Å². The summed E-state index contributed by atoms with van der Waals surface area (Å²) in [5, 5.41) is 8.89. The number of halogens is 3. The van der Waals surface area contributed by atoms with E-state index in [1.807, 2.05) is 0 Å². The fourth-order valence-corrected chi connectivity index (χ4v) is 3.05. The van der Waals surface area contributed by atoms with Crippen LogP contribution in [-0.2, 0) is 14.3 Å². The van der Waals surface area contributed by atoms with Crippen LogP contribution in [0, 0.1) is 11.8 Å². The Morgan fingerprint density at radius 1 is 1.19 bits per heavy atom. The number of hydrogen-bond donors (Lipinski definition) is 1. The number of alkyl halides is 3. The molecule has 1 saturated heterocycles. The van der Waals surface area contributed by atoms with Crippen LogP contribution in [0.5, 0.6) is 0 Å². The minimum atomic E-state index is -4.39. The van der Waals surface area contributed by atoms with Crippen LogP contribution in [0.1, 0.15) is 25.7 Å². The van der Waals surface area contributed by atoms with Crippen molar-refractivity contribution in [3.8, 4) is 0 Å². The Balaban J connectivity index is 2.08. The molecule has 0 spiro atoms. The Bertz CT molecular complexity index is 413. The third kappa shape index (κ3) is 3.66. The number of rotatable bonds is 2. The minimum Gasteiger partial charge on any atom is -0.479 e. The van der Waals surface area contributed by atoms with Gasteiger partial charge < -0.3 is 14.7 Å². The van der Waals surface area contributed by atoms with E-state index in [1.165, 1.54) is 4.90 Å². The molecule has 2 aliphatic rings. The third-order valence-electron chi connectivity index (χ3n) is 4.16. The molecule has 0 aromatic carbocycles. The molecule has 1 saturated carbocycles. The van der Waals surface area contributed by atoms with Crippen LogP contribution in [-0.4, -0.2) is 53.9 Å². The third-order valence-corrected chi connectivity index (χ3v) is 4.16. The highest BCUT2D eigenvalue weighted by Gasteiger charge is 2.49. The number of carboxylic acids is 1. The highest BCUT2D eigenvalue weighted by molar-refractivity contribution is 5.81. The van der Waals surface area contributed by atoms with Crippen molar-refractivity contribution in [3.05, 3.63) is 0 Å². The summed E-state index contributed by atoms with van der Waals surface area (Å²) in [5.41, 5.74) is 0. The molecule has 120 valence electrons. The van der Waals surface area contributed by atoms with Gasteiger partial charge in [0.05, 0.1) is 19.1 Å². The summed E-state index contributed by atoms with van der Waals surface area (Å²) >= 11 is 0. The average Bonchev–Trinajstić information content (AvgIpc) is 2.45. The van der Waals surface area contributed by atoms with Gasteiger partial charge in [-0.15, -0.1) is 0 Å². The van der Waals surface area contributed by atoms with E-state index in [0.29, 0.717) is 12.8 Å². The molecular formula is C13H18F3NO4. The fourth-order valence-electron chi connectivity index (χ4n) is 3.05. The molecule has 3 atom stereocenters. The zero-order chi connectivity index (χ0) is 15.6. The number of morpholine rings is 1. The summed E-state index contributed by atoms with van der Waals surface area (Å²) in [7, 11) is 0. The van der Waals surface area contributed by atoms with Crippen molar-refractivity contribution in [1.29, 1.82) is 0 Å². The number of amides is 1. The highest BCUT2D eigenvalue weighted by atomic mass is 19.4. The van der Waals surface area contributed by atoms with E-state index >= 15 is 0 Å². The first-order valence-electron chi connectivity index (χ1n) is 7.00. The van der Waals surface area contributed by atoms with Gasteiger partial charge in [-0.3, -0.25) is 4.79 Å². The van der Waals surface area contributed by atoms with E-state index in [-0.39, 0.29) is 32.5 Å². The van der Waals surface area contributed by atoms with Gasteiger partial charge >= 0.3 is 12.1 Å². The SMILES string of the molecule is O=C(O)C1CN(C(=O)C2CCCCC2C(F)(F)F)CCO1. The smallest absolute Gasteiger partial charge is 0.392 e. The first kappa shape index (κ1) is 16.1. The van der Waals surface area contributed by atoms with Crippen LogP contribution in [0.25, 0.3) is 0 Å². The predicted molar refractivity (Wildman–Crippen MR) is 65.5 cm³/mol. The molecule has 0 aromatic rings. The lowest BCUT2D eigenvalue weighted by Crippen LogP contribution is -2.52. The van der Waals surface area contributed by atoms with Gasteiger partial charge in [-0.05, 0) is 12.8 Å². The summed E-state index contributed by atoms with van der Waals surface area (Å²) < 4.78 is 44.1. The lowest BCUT2D eigenvalue weighted by atomic mass is 9.78. The average molecular weight is 309 g/mol. The number of ether oxygens (including phenoxy) is 1. The second-order valence-corrected chi connectivity index (χ2v) is 5.52. The van der Waals surface area contributed by atoms with E-state index in [1.54, 1.807) is 0 Å². The quantitative estimate of drug-likeness (QED) is 0.842. The summed E-state index contributed by atoms with van der Waals surface area (Å²) in [6, 6.07) is 0. The molecule has 5 nitrogen and oxygen atoms in total. The summed E-state index contributed by atoms with van der Waals surface area (Å²) in [5.74, 6) is -4.51. The standard InChI is InChI=1S/C13H18F3NO4/c14-13(15,16)9-4-2-1-3-8(9)11(18)17-5-6-21-10(7-17)12(19)20/h8-10H,1-7H2,(H,19,20). The lowest BCUT2D eigenvalue weighted by Gasteiger charge is -2.38. The van der Waals surface area contributed by atoms with Crippen molar-refractivity contribution >= 4 is 11.9 Å². The molecule has 21 heavy (non-hydrogen) atoms. The molecule has 1 N–H and O–H groups in total. The second kappa shape index (κ2) is 6.21. The first-order valence-corrected chi connectivity index (χ1v) is 7.00. The molecule has 2 rings (SSSR count). The molecule has 0 aromatic heterocycles. The fraction of sp³-hybridized carbons (Fsp3) is 0.846. The Kier molecular flexibility index (Phi) is 4.75. The van der Waals surface area contributed by atoms with Crippen molar-refractivity contribution < 1.29 is 32.6 Å². The molecule has 1 aliphatic carbocycles. The molecular weight excluding hydrogens is 291 g/mol. The Labute approximate surface area is 120 Å². The predicted octanol–water partition coefficient (Wildman–Crippen LogP) is 1.67. The summed E-state index contributed by atoms with van der Waals surface area (Å²) in [6.07, 6.45) is -4.32. The lowest BCUT2D eigenvalue weighted by molar-refractivity contribution is -0.202. The largest absolute Gasteiger partial charge is 0.479 e. The molecule has 0 radical (unpaired) electrons. The normalized spacial score (nSPS) is 31.0. The van der Waals surface area contributed by atoms with Crippen LogP contribution >= 0.6 is 0 Å². The van der Waals surface area contributed by atoms with E-state index in [9.17, 15) is 22.8 Å². The van der Waals surface area contributed by atoms with E-state index in [0.717, 1.165) is 0 Å². The number of carbonyl (C=O) groups excluding carboxylic acids is 1. The van der Waals surface area contributed by atoms with Crippen LogP contribution in [0.4, 0.5) is 13.2 Å². The number of carbonyl (C=O) groups is 2. The van der Waals surface area contributed by atoms with Crippen LogP contribution in [0.2, 0.25) is 0 Å². The number of carboxylic acid groups (broad SMARTS) is 1. The molecule has 3 unspecified atom stereocenters. The number of hydrogen-bond acceptors (Lipinski definition) is 3. The van der Waals surface area contributed by atoms with E-state index in [4.69, 9.17) is 9.84 Å². The molecule has 1 aliphatic heterocycles. The maximum absolute atomic E-state index is 13.0. The van der Waals surface area contributed by atoms with Gasteiger partial charge in [0.15, 0.2) is 6.10 Å². The molecule has 0 bridgehead atoms. The van der Waals surface area contributed by atoms with E-state index < -0.39 is 36.0 Å². The second-order valence-electron chi connectivity index (χ2n) is 5.52. The van der Waals surface area contributed by atoms with Crippen molar-refractivity contribution in [1.82, 2.24) is 4.90 Å². The minimum absolute atomic E-state index is 0.0338. The molecule has 2 fully saturated rings. The summed E-state index contributed by atoms with van der Waals surface area (Å²) in [4.78, 5) is 24.4. The Morgan fingerprint density at radius 3 is 2.48 bits per heavy atom. The Hall–Kier alpha value is -1.31. The molecule has 1 amide bonds. The van der Waals surface area contributed by atoms with Gasteiger partial charge in [0, 0.05) is 12.5 Å². The number of aliphatic carboxylic acids is 1. The zero-order valence-corrected chi connectivity index (χ0v) is 11.4. The summed E-state index contributed by atoms with van der Waals surface area (Å²) in [6.45, 7) is -0.00888. The van der Waals surface area contributed by atoms with Crippen molar-refractivity contribution in [2.24, 2.45) is 11.8 Å². The highest BCUT2D eigenvalue weighted by Crippen LogP contribution is 2.42. The molecule has 8 heteroatoms. The maximum Gasteiger partial charge on any atom is 0.392 e. The van der Waals surface area contributed by atoms with Crippen molar-refractivity contribution in [3.63, 3.8) is 0 Å². The van der Waals surface area contributed by atoms with Crippen molar-refractivity contribution in [2.45, 2.75) is 38.0 Å². The first-order chi connectivity index (χ1) is 9.80. The van der Waals surface area contributed by atoms with Gasteiger partial charge in [0.2, 0.25) is 5.91 Å².